The first kappa shape index (κ1) is 22.5. The van der Waals surface area contributed by atoms with E-state index in [1.54, 1.807) is 25.4 Å². The summed E-state index contributed by atoms with van der Waals surface area (Å²) in [5.41, 5.74) is -0.0853. The number of aryl methyl sites for hydroxylation is 1. The van der Waals surface area contributed by atoms with Crippen LogP contribution in [0.4, 0.5) is 8.78 Å². The van der Waals surface area contributed by atoms with Crippen LogP contribution in [0.2, 0.25) is 5.15 Å². The lowest BCUT2D eigenvalue weighted by atomic mass is 9.76. The highest BCUT2D eigenvalue weighted by Gasteiger charge is 2.42. The summed E-state index contributed by atoms with van der Waals surface area (Å²) in [7, 11) is 1.56. The van der Waals surface area contributed by atoms with Crippen molar-refractivity contribution in [2.75, 3.05) is 6.61 Å². The van der Waals surface area contributed by atoms with Gasteiger partial charge in [0.2, 0.25) is 5.95 Å². The Kier molecular flexibility index (Phi) is 5.38. The van der Waals surface area contributed by atoms with Gasteiger partial charge in [-0.2, -0.15) is 4.39 Å². The topological polar surface area (TPSA) is 105 Å². The molecule has 1 saturated carbocycles. The number of carbonyl (C=O) groups is 1. The number of aliphatic hydroxyl groups is 2. The number of halogens is 3. The Morgan fingerprint density at radius 1 is 1.29 bits per heavy atom. The fraction of sp³-hybridized carbons (Fsp3) is 0.261. The van der Waals surface area contributed by atoms with Gasteiger partial charge in [0.15, 0.2) is 0 Å². The number of rotatable bonds is 5. The van der Waals surface area contributed by atoms with Crippen LogP contribution in [0.5, 0.6) is 0 Å². The normalized spacial score (nSPS) is 19.9. The van der Waals surface area contributed by atoms with E-state index < -0.39 is 17.4 Å². The van der Waals surface area contributed by atoms with Crippen molar-refractivity contribution in [2.45, 2.75) is 24.5 Å². The van der Waals surface area contributed by atoms with Gasteiger partial charge >= 0.3 is 0 Å². The van der Waals surface area contributed by atoms with Crippen molar-refractivity contribution >= 4 is 23.2 Å². The number of aromatic nitrogens is 4. The summed E-state index contributed by atoms with van der Waals surface area (Å²) in [6, 6.07) is 7.05. The lowest BCUT2D eigenvalue weighted by Crippen LogP contribution is -2.56. The van der Waals surface area contributed by atoms with Crippen molar-refractivity contribution in [1.29, 1.82) is 0 Å². The maximum absolute atomic E-state index is 15.0. The van der Waals surface area contributed by atoms with Gasteiger partial charge in [0.1, 0.15) is 22.3 Å². The first-order valence-electron chi connectivity index (χ1n) is 10.5. The Morgan fingerprint density at radius 3 is 2.74 bits per heavy atom. The molecule has 0 saturated heterocycles. The highest BCUT2D eigenvalue weighted by molar-refractivity contribution is 6.32. The second-order valence-corrected chi connectivity index (χ2v) is 8.88. The van der Waals surface area contributed by atoms with Crippen molar-refractivity contribution in [1.82, 2.24) is 24.5 Å². The van der Waals surface area contributed by atoms with Gasteiger partial charge in [-0.1, -0.05) is 23.7 Å². The number of aliphatic hydroxyl groups excluding tert-OH is 1. The molecule has 4 aromatic rings. The fourth-order valence-corrected chi connectivity index (χ4v) is 4.58. The average molecular weight is 488 g/mol. The van der Waals surface area contributed by atoms with Gasteiger partial charge in [-0.3, -0.25) is 13.9 Å². The number of nitrogens with one attached hydrogen (secondary N) is 1. The Labute approximate surface area is 197 Å². The van der Waals surface area contributed by atoms with E-state index in [2.05, 4.69) is 15.4 Å². The molecule has 3 heterocycles. The van der Waals surface area contributed by atoms with Crippen LogP contribution in [0, 0.1) is 11.8 Å². The molecule has 8 nitrogen and oxygen atoms in total. The van der Waals surface area contributed by atoms with Crippen LogP contribution >= 0.6 is 11.6 Å². The fourth-order valence-electron chi connectivity index (χ4n) is 4.30. The molecule has 1 aromatic carbocycles. The number of fused-ring (bicyclic) bond motifs is 1. The molecule has 0 radical (unpaired) electrons. The molecule has 34 heavy (non-hydrogen) atoms. The predicted octanol–water partition coefficient (Wildman–Crippen LogP) is 2.95. The zero-order valence-electron chi connectivity index (χ0n) is 18.0. The highest BCUT2D eigenvalue weighted by atomic mass is 35.5. The molecule has 176 valence electrons. The van der Waals surface area contributed by atoms with E-state index >= 15 is 0 Å². The molecule has 11 heteroatoms. The predicted molar refractivity (Wildman–Crippen MR) is 120 cm³/mol. The van der Waals surface area contributed by atoms with Crippen LogP contribution in [0.15, 0.2) is 42.7 Å². The molecule has 0 unspecified atom stereocenters. The Balaban J connectivity index is 1.51. The Morgan fingerprint density at radius 2 is 2.06 bits per heavy atom. The minimum Gasteiger partial charge on any atom is -0.393 e. The number of hydrogen-bond donors (Lipinski definition) is 3. The zero-order valence-corrected chi connectivity index (χ0v) is 18.7. The summed E-state index contributed by atoms with van der Waals surface area (Å²) in [6.07, 6.45) is 3.51. The van der Waals surface area contributed by atoms with Gasteiger partial charge < -0.3 is 15.5 Å². The third kappa shape index (κ3) is 3.73. The van der Waals surface area contributed by atoms with Crippen molar-refractivity contribution in [2.24, 2.45) is 7.05 Å². The smallest absolute Gasteiger partial charge is 0.251 e. The van der Waals surface area contributed by atoms with Crippen LogP contribution in [-0.4, -0.2) is 53.5 Å². The molecule has 3 aromatic heterocycles. The second kappa shape index (κ2) is 8.15. The van der Waals surface area contributed by atoms with E-state index in [0.717, 1.165) is 0 Å². The number of carbonyl (C=O) groups excluding carboxylic acids is 1. The van der Waals surface area contributed by atoms with Crippen molar-refractivity contribution < 1.29 is 23.8 Å². The molecule has 0 spiro atoms. The first-order valence-corrected chi connectivity index (χ1v) is 10.9. The lowest BCUT2D eigenvalue weighted by molar-refractivity contribution is -0.0897. The van der Waals surface area contributed by atoms with Gasteiger partial charge in [-0.25, -0.2) is 9.37 Å². The van der Waals surface area contributed by atoms with Crippen LogP contribution in [0.25, 0.3) is 28.0 Å². The van der Waals surface area contributed by atoms with Gasteiger partial charge in [0.25, 0.3) is 5.91 Å². The van der Waals surface area contributed by atoms with Crippen LogP contribution < -0.4 is 5.32 Å². The minimum atomic E-state index is -1.15. The Bertz CT molecular complexity index is 1430. The second-order valence-electron chi connectivity index (χ2n) is 8.53. The standard InChI is InChI=1S/C23H20ClF2N5O3/c1-30-10-15(21(26)29-30)14-3-2-4-16(25)18(14)19-20(24)31-6-5-12(7-17(31)28-19)22(33)27-13-8-23(34,9-13)11-32/h2-7,10,13,32,34H,8-9,11H2,1H3,(H,27,33). The minimum absolute atomic E-state index is 0.0202. The van der Waals surface area contributed by atoms with E-state index in [0.29, 0.717) is 11.2 Å². The monoisotopic (exact) mass is 487 g/mol. The molecule has 1 fully saturated rings. The molecule has 0 bridgehead atoms. The molecular weight excluding hydrogens is 468 g/mol. The number of imidazole rings is 1. The van der Waals surface area contributed by atoms with Gasteiger partial charge in [0.05, 0.1) is 17.8 Å². The van der Waals surface area contributed by atoms with E-state index in [9.17, 15) is 18.7 Å². The maximum atomic E-state index is 15.0. The van der Waals surface area contributed by atoms with Crippen molar-refractivity contribution in [3.8, 4) is 22.4 Å². The highest BCUT2D eigenvalue weighted by Crippen LogP contribution is 2.38. The van der Waals surface area contributed by atoms with E-state index in [-0.39, 0.29) is 58.9 Å². The number of pyridine rings is 1. The SMILES string of the molecule is Cn1cc(-c2cccc(F)c2-c2nc3cc(C(=O)NC4CC(O)(CO)C4)ccn3c2Cl)c(F)n1. The average Bonchev–Trinajstić information content (AvgIpc) is 3.29. The van der Waals surface area contributed by atoms with Gasteiger partial charge in [-0.15, -0.1) is 5.10 Å². The lowest BCUT2D eigenvalue weighted by Gasteiger charge is -2.42. The molecule has 3 N–H and O–H groups in total. The quantitative estimate of drug-likeness (QED) is 0.401. The van der Waals surface area contributed by atoms with Crippen molar-refractivity contribution in [3.63, 3.8) is 0 Å². The molecule has 1 aliphatic carbocycles. The number of benzene rings is 1. The third-order valence-electron chi connectivity index (χ3n) is 6.04. The molecule has 1 amide bonds. The van der Waals surface area contributed by atoms with Gasteiger partial charge in [0, 0.05) is 42.2 Å². The number of amides is 1. The van der Waals surface area contributed by atoms with Crippen LogP contribution in [-0.2, 0) is 7.05 Å². The summed E-state index contributed by atoms with van der Waals surface area (Å²) in [4.78, 5) is 17.1. The van der Waals surface area contributed by atoms with E-state index in [1.807, 2.05) is 0 Å². The summed E-state index contributed by atoms with van der Waals surface area (Å²) < 4.78 is 32.2. The third-order valence-corrected chi connectivity index (χ3v) is 6.40. The van der Waals surface area contributed by atoms with Crippen LogP contribution in [0.1, 0.15) is 23.2 Å². The molecule has 5 rings (SSSR count). The summed E-state index contributed by atoms with van der Waals surface area (Å²) in [5, 5.41) is 25.6. The van der Waals surface area contributed by atoms with Crippen molar-refractivity contribution in [3.05, 3.63) is 65.2 Å². The molecule has 0 atom stereocenters. The van der Waals surface area contributed by atoms with E-state index in [4.69, 9.17) is 16.7 Å². The van der Waals surface area contributed by atoms with E-state index in [1.165, 1.54) is 33.5 Å². The molecule has 1 aliphatic rings. The maximum Gasteiger partial charge on any atom is 0.251 e. The molecule has 0 aliphatic heterocycles. The summed E-state index contributed by atoms with van der Waals surface area (Å²) >= 11 is 6.53. The summed E-state index contributed by atoms with van der Waals surface area (Å²) in [5.74, 6) is -1.76. The summed E-state index contributed by atoms with van der Waals surface area (Å²) in [6.45, 7) is -0.359. The Hall–Kier alpha value is -3.34. The number of nitrogens with zero attached hydrogens (tertiary/aromatic N) is 4. The first-order chi connectivity index (χ1) is 16.2. The zero-order chi connectivity index (χ0) is 24.2. The number of hydrogen-bond acceptors (Lipinski definition) is 5. The molecular formula is C23H20ClF2N5O3. The largest absolute Gasteiger partial charge is 0.393 e. The van der Waals surface area contributed by atoms with Gasteiger partial charge in [-0.05, 0) is 31.0 Å². The van der Waals surface area contributed by atoms with Crippen LogP contribution in [0.3, 0.4) is 0 Å².